The number of anilines is 1. The Hall–Kier alpha value is -3.82. The highest BCUT2D eigenvalue weighted by molar-refractivity contribution is 6.00. The number of aromatic amines is 1. The third-order valence-corrected chi connectivity index (χ3v) is 7.50. The normalized spacial score (nSPS) is 15.9. The van der Waals surface area contributed by atoms with Crippen LogP contribution in [0.3, 0.4) is 0 Å². The summed E-state index contributed by atoms with van der Waals surface area (Å²) in [4.78, 5) is 34.0. The van der Waals surface area contributed by atoms with Gasteiger partial charge in [-0.15, -0.1) is 0 Å². The minimum Gasteiger partial charge on any atom is -0.492 e. The van der Waals surface area contributed by atoms with Crippen molar-refractivity contribution < 1.29 is 23.7 Å². The van der Waals surface area contributed by atoms with Crippen molar-refractivity contribution in [1.29, 1.82) is 0 Å². The highest BCUT2D eigenvalue weighted by atomic mass is 19.1. The van der Waals surface area contributed by atoms with Gasteiger partial charge in [-0.3, -0.25) is 14.5 Å². The molecule has 0 spiro atoms. The van der Waals surface area contributed by atoms with E-state index in [2.05, 4.69) is 25.7 Å². The van der Waals surface area contributed by atoms with Crippen molar-refractivity contribution in [3.63, 3.8) is 0 Å². The van der Waals surface area contributed by atoms with E-state index in [4.69, 9.17) is 4.74 Å². The maximum Gasteiger partial charge on any atom is 0.330 e. The number of aryl methyl sites for hydroxylation is 1. The van der Waals surface area contributed by atoms with E-state index in [1.54, 1.807) is 48.3 Å². The van der Waals surface area contributed by atoms with E-state index in [1.165, 1.54) is 0 Å². The van der Waals surface area contributed by atoms with Gasteiger partial charge in [-0.1, -0.05) is 0 Å². The molecular formula is C29H36FN6O3+. The maximum atomic E-state index is 15.3. The molecule has 9 nitrogen and oxygen atoms in total. The second-order valence-electron chi connectivity index (χ2n) is 10.8. The minimum atomic E-state index is -0.738. The first kappa shape index (κ1) is 26.8. The molecule has 3 heterocycles. The van der Waals surface area contributed by atoms with Crippen molar-refractivity contribution in [2.45, 2.75) is 65.5 Å². The number of carbonyl (C=O) groups is 2. The number of hydrogen-bond donors (Lipinski definition) is 2. The van der Waals surface area contributed by atoms with Gasteiger partial charge in [-0.25, -0.2) is 15.1 Å². The van der Waals surface area contributed by atoms with Crippen LogP contribution in [-0.2, 0) is 4.79 Å². The SMILES string of the molecule is CCOc1cnc(C)c(-c2ccc(NC(=O)[C@@H](NC(=O)c3ccnn3C(C)C)C(C3CC3)C3CC3)[nH+]c2F)c1. The minimum absolute atomic E-state index is 0.000145. The molecule has 0 bridgehead atoms. The summed E-state index contributed by atoms with van der Waals surface area (Å²) in [6.45, 7) is 8.04. The van der Waals surface area contributed by atoms with Crippen LogP contribution in [0.2, 0.25) is 0 Å². The lowest BCUT2D eigenvalue weighted by atomic mass is 9.88. The predicted octanol–water partition coefficient (Wildman–Crippen LogP) is 4.36. The summed E-state index contributed by atoms with van der Waals surface area (Å²) in [6, 6.07) is 5.90. The standard InChI is InChI=1S/C29H35FN6O3/c1-5-39-20-14-22(17(4)31-15-20)21-10-11-24(33-27(21)30)34-29(38)26(25(18-6-7-18)19-8-9-19)35-28(37)23-12-13-32-36(23)16(2)3/h10-16,18-19,25-26H,5-9H2,1-4H3,(H,35,37)(H,33,34,38)/p+1/t26-/m0/s1. The lowest BCUT2D eigenvalue weighted by molar-refractivity contribution is -0.404. The second kappa shape index (κ2) is 11.1. The zero-order valence-electron chi connectivity index (χ0n) is 22.8. The Balaban J connectivity index is 1.38. The quantitative estimate of drug-likeness (QED) is 0.354. The summed E-state index contributed by atoms with van der Waals surface area (Å²) in [5.41, 5.74) is 1.98. The number of ether oxygens (including phenoxy) is 1. The first-order chi connectivity index (χ1) is 18.8. The molecule has 2 amide bonds. The van der Waals surface area contributed by atoms with Crippen molar-refractivity contribution in [2.24, 2.45) is 17.8 Å². The molecule has 0 unspecified atom stereocenters. The summed E-state index contributed by atoms with van der Waals surface area (Å²) >= 11 is 0. The fourth-order valence-electron chi connectivity index (χ4n) is 5.34. The number of nitrogens with zero attached hydrogens (tertiary/aromatic N) is 3. The first-order valence-electron chi connectivity index (χ1n) is 13.7. The number of amides is 2. The Kier molecular flexibility index (Phi) is 7.63. The fraction of sp³-hybridized carbons (Fsp3) is 0.483. The van der Waals surface area contributed by atoms with Gasteiger partial charge in [-0.05, 0) is 89.3 Å². The van der Waals surface area contributed by atoms with Gasteiger partial charge in [0.25, 0.3) is 17.7 Å². The second-order valence-corrected chi connectivity index (χ2v) is 10.8. The summed E-state index contributed by atoms with van der Waals surface area (Å²) < 4.78 is 22.5. The highest BCUT2D eigenvalue weighted by Crippen LogP contribution is 2.51. The Labute approximate surface area is 227 Å². The smallest absolute Gasteiger partial charge is 0.330 e. The zero-order chi connectivity index (χ0) is 27.7. The highest BCUT2D eigenvalue weighted by Gasteiger charge is 2.49. The third kappa shape index (κ3) is 5.94. The third-order valence-electron chi connectivity index (χ3n) is 7.50. The molecule has 3 aromatic heterocycles. The summed E-state index contributed by atoms with van der Waals surface area (Å²) in [5.74, 6) is 0.317. The molecule has 2 aliphatic rings. The van der Waals surface area contributed by atoms with Gasteiger partial charge in [0.05, 0.1) is 18.4 Å². The van der Waals surface area contributed by atoms with Gasteiger partial charge >= 0.3 is 5.91 Å². The molecule has 0 aromatic carbocycles. The molecule has 206 valence electrons. The van der Waals surface area contributed by atoms with Crippen molar-refractivity contribution in [3.05, 3.63) is 54.0 Å². The molecule has 3 aromatic rings. The van der Waals surface area contributed by atoms with E-state index in [9.17, 15) is 9.59 Å². The van der Waals surface area contributed by atoms with Crippen LogP contribution >= 0.6 is 0 Å². The van der Waals surface area contributed by atoms with Gasteiger partial charge in [-0.2, -0.15) is 9.49 Å². The van der Waals surface area contributed by atoms with Crippen molar-refractivity contribution in [3.8, 4) is 16.9 Å². The van der Waals surface area contributed by atoms with Gasteiger partial charge in [0.2, 0.25) is 0 Å². The summed E-state index contributed by atoms with van der Waals surface area (Å²) in [6.07, 6.45) is 7.40. The van der Waals surface area contributed by atoms with Gasteiger partial charge in [0.15, 0.2) is 0 Å². The lowest BCUT2D eigenvalue weighted by Crippen LogP contribution is -2.50. The van der Waals surface area contributed by atoms with E-state index in [0.717, 1.165) is 25.7 Å². The van der Waals surface area contributed by atoms with Crippen LogP contribution in [0.15, 0.2) is 36.7 Å². The molecule has 1 atom stereocenters. The fourth-order valence-corrected chi connectivity index (χ4v) is 5.34. The molecule has 39 heavy (non-hydrogen) atoms. The van der Waals surface area contributed by atoms with Gasteiger partial charge < -0.3 is 10.1 Å². The number of hydrogen-bond acceptors (Lipinski definition) is 5. The van der Waals surface area contributed by atoms with Crippen LogP contribution in [0.25, 0.3) is 11.1 Å². The van der Waals surface area contributed by atoms with E-state index in [-0.39, 0.29) is 29.6 Å². The van der Waals surface area contributed by atoms with Crippen molar-refractivity contribution in [1.82, 2.24) is 20.1 Å². The average Bonchev–Trinajstić information content (AvgIpc) is 3.84. The number of halogens is 1. The number of aromatic nitrogens is 4. The van der Waals surface area contributed by atoms with E-state index >= 15 is 4.39 Å². The molecular weight excluding hydrogens is 499 g/mol. The number of nitrogens with one attached hydrogen (secondary N) is 3. The Morgan fingerprint density at radius 3 is 2.49 bits per heavy atom. The van der Waals surface area contributed by atoms with Crippen LogP contribution in [0, 0.1) is 30.6 Å². The predicted molar refractivity (Wildman–Crippen MR) is 144 cm³/mol. The van der Waals surface area contributed by atoms with Crippen LogP contribution in [-0.4, -0.2) is 39.2 Å². The number of rotatable bonds is 11. The molecule has 0 saturated heterocycles. The van der Waals surface area contributed by atoms with Crippen molar-refractivity contribution >= 4 is 17.6 Å². The monoisotopic (exact) mass is 535 g/mol. The van der Waals surface area contributed by atoms with Crippen LogP contribution < -0.4 is 20.4 Å². The molecule has 3 N–H and O–H groups in total. The Morgan fingerprint density at radius 1 is 1.15 bits per heavy atom. The van der Waals surface area contributed by atoms with E-state index < -0.39 is 12.0 Å². The van der Waals surface area contributed by atoms with E-state index in [1.807, 2.05) is 20.8 Å². The lowest BCUT2D eigenvalue weighted by Gasteiger charge is -2.25. The van der Waals surface area contributed by atoms with Crippen LogP contribution in [0.1, 0.15) is 68.7 Å². The number of carbonyl (C=O) groups excluding carboxylic acids is 2. The molecule has 0 radical (unpaired) electrons. The van der Waals surface area contributed by atoms with Gasteiger partial charge in [0.1, 0.15) is 17.5 Å². The Bertz CT molecular complexity index is 1350. The molecule has 0 aliphatic heterocycles. The van der Waals surface area contributed by atoms with E-state index in [0.29, 0.717) is 46.7 Å². The van der Waals surface area contributed by atoms with Crippen LogP contribution in [0.5, 0.6) is 5.75 Å². The molecule has 10 heteroatoms. The summed E-state index contributed by atoms with van der Waals surface area (Å²) in [7, 11) is 0. The molecule has 2 saturated carbocycles. The van der Waals surface area contributed by atoms with Crippen LogP contribution in [0.4, 0.5) is 10.2 Å². The van der Waals surface area contributed by atoms with Crippen molar-refractivity contribution in [2.75, 3.05) is 11.9 Å². The zero-order valence-corrected chi connectivity index (χ0v) is 22.8. The first-order valence-corrected chi connectivity index (χ1v) is 13.7. The Morgan fingerprint density at radius 2 is 1.87 bits per heavy atom. The molecule has 5 rings (SSSR count). The molecule has 2 aliphatic carbocycles. The maximum absolute atomic E-state index is 15.3. The number of pyridine rings is 2. The summed E-state index contributed by atoms with van der Waals surface area (Å²) in [5, 5.41) is 10.1. The largest absolute Gasteiger partial charge is 0.492 e. The topological polar surface area (TPSA) is 112 Å². The molecule has 2 fully saturated rings. The average molecular weight is 536 g/mol. The number of H-pyrrole nitrogens is 1. The van der Waals surface area contributed by atoms with Gasteiger partial charge in [0, 0.05) is 29.6 Å².